The van der Waals surface area contributed by atoms with Crippen LogP contribution in [0.5, 0.6) is 5.75 Å². The molecule has 0 fully saturated rings. The van der Waals surface area contributed by atoms with Gasteiger partial charge in [-0.3, -0.25) is 4.57 Å². The van der Waals surface area contributed by atoms with Crippen molar-refractivity contribution in [2.45, 2.75) is 6.54 Å². The number of rotatable bonds is 8. The van der Waals surface area contributed by atoms with Crippen LogP contribution in [0.4, 0.5) is 10.5 Å². The molecule has 2 aromatic carbocycles. The lowest BCUT2D eigenvalue weighted by molar-refractivity contribution is 0.146. The van der Waals surface area contributed by atoms with Gasteiger partial charge < -0.3 is 20.1 Å². The first kappa shape index (κ1) is 18.4. The fourth-order valence-electron chi connectivity index (χ4n) is 2.40. The first-order valence-corrected chi connectivity index (χ1v) is 8.47. The first-order valence-electron chi connectivity index (χ1n) is 8.47. The van der Waals surface area contributed by atoms with Crippen LogP contribution in [0.25, 0.3) is 5.69 Å². The molecule has 1 aromatic heterocycles. The average Bonchev–Trinajstić information content (AvgIpc) is 3.17. The van der Waals surface area contributed by atoms with E-state index < -0.39 is 0 Å². The van der Waals surface area contributed by atoms with E-state index in [1.54, 1.807) is 37.7 Å². The van der Waals surface area contributed by atoms with Crippen molar-refractivity contribution in [3.05, 3.63) is 66.7 Å². The Morgan fingerprint density at radius 1 is 1.07 bits per heavy atom. The summed E-state index contributed by atoms with van der Waals surface area (Å²) >= 11 is 0. The second-order valence-electron chi connectivity index (χ2n) is 5.63. The third-order valence-corrected chi connectivity index (χ3v) is 3.73. The molecule has 0 aliphatic carbocycles. The van der Waals surface area contributed by atoms with Crippen LogP contribution in [-0.2, 0) is 11.3 Å². The summed E-state index contributed by atoms with van der Waals surface area (Å²) in [5.41, 5.74) is 1.60. The normalized spacial score (nSPS) is 10.4. The van der Waals surface area contributed by atoms with E-state index in [1.807, 2.05) is 34.9 Å². The number of benzene rings is 2. The number of para-hydroxylation sites is 1. The molecule has 0 spiro atoms. The zero-order chi connectivity index (χ0) is 18.9. The van der Waals surface area contributed by atoms with Gasteiger partial charge >= 0.3 is 6.03 Å². The molecule has 27 heavy (non-hydrogen) atoms. The van der Waals surface area contributed by atoms with E-state index in [1.165, 1.54) is 0 Å². The van der Waals surface area contributed by atoms with Crippen LogP contribution in [0.1, 0.15) is 5.82 Å². The van der Waals surface area contributed by atoms with Crippen LogP contribution in [0.2, 0.25) is 0 Å². The van der Waals surface area contributed by atoms with Crippen molar-refractivity contribution in [1.82, 2.24) is 20.1 Å². The SMILES string of the molecule is COCCOc1ccc(NC(=O)NCc2nncn2-c2ccccc2)cc1. The molecule has 3 aromatic rings. The number of ether oxygens (including phenoxy) is 2. The molecule has 0 atom stereocenters. The van der Waals surface area contributed by atoms with E-state index >= 15 is 0 Å². The fraction of sp³-hybridized carbons (Fsp3) is 0.211. The molecule has 2 amide bonds. The third-order valence-electron chi connectivity index (χ3n) is 3.73. The van der Waals surface area contributed by atoms with Crippen LogP contribution in [0.3, 0.4) is 0 Å². The Morgan fingerprint density at radius 3 is 2.59 bits per heavy atom. The summed E-state index contributed by atoms with van der Waals surface area (Å²) < 4.78 is 12.2. The van der Waals surface area contributed by atoms with Crippen molar-refractivity contribution in [2.75, 3.05) is 25.6 Å². The molecule has 140 valence electrons. The van der Waals surface area contributed by atoms with Gasteiger partial charge in [-0.25, -0.2) is 4.79 Å². The summed E-state index contributed by atoms with van der Waals surface area (Å²) in [6, 6.07) is 16.5. The number of nitrogens with zero attached hydrogens (tertiary/aromatic N) is 3. The predicted molar refractivity (Wildman–Crippen MR) is 101 cm³/mol. The lowest BCUT2D eigenvalue weighted by Crippen LogP contribution is -2.29. The number of hydrogen-bond acceptors (Lipinski definition) is 5. The van der Waals surface area contributed by atoms with E-state index in [-0.39, 0.29) is 12.6 Å². The smallest absolute Gasteiger partial charge is 0.319 e. The monoisotopic (exact) mass is 367 g/mol. The fourth-order valence-corrected chi connectivity index (χ4v) is 2.40. The van der Waals surface area contributed by atoms with E-state index in [2.05, 4.69) is 20.8 Å². The van der Waals surface area contributed by atoms with Crippen molar-refractivity contribution in [2.24, 2.45) is 0 Å². The Labute approximate surface area is 157 Å². The van der Waals surface area contributed by atoms with Gasteiger partial charge in [-0.05, 0) is 36.4 Å². The first-order chi connectivity index (χ1) is 13.3. The summed E-state index contributed by atoms with van der Waals surface area (Å²) in [6.45, 7) is 1.25. The summed E-state index contributed by atoms with van der Waals surface area (Å²) in [5.74, 6) is 1.35. The summed E-state index contributed by atoms with van der Waals surface area (Å²) in [5, 5.41) is 13.5. The van der Waals surface area contributed by atoms with Gasteiger partial charge in [0.15, 0.2) is 5.82 Å². The second kappa shape index (κ2) is 9.35. The number of amides is 2. The van der Waals surface area contributed by atoms with Crippen LogP contribution in [0, 0.1) is 0 Å². The molecule has 0 saturated heterocycles. The standard InChI is InChI=1S/C19H21N5O3/c1-26-11-12-27-17-9-7-15(8-10-17)22-19(25)20-13-18-23-21-14-24(18)16-5-3-2-4-6-16/h2-10,14H,11-13H2,1H3,(H2,20,22,25). The molecule has 0 aliphatic heterocycles. The Balaban J connectivity index is 1.51. The van der Waals surface area contributed by atoms with Gasteiger partial charge in [-0.1, -0.05) is 18.2 Å². The Hall–Kier alpha value is -3.39. The van der Waals surface area contributed by atoms with Crippen LogP contribution in [-0.4, -0.2) is 41.1 Å². The molecular weight excluding hydrogens is 346 g/mol. The molecule has 3 rings (SSSR count). The Bertz CT molecular complexity index is 849. The number of hydrogen-bond donors (Lipinski definition) is 2. The molecule has 2 N–H and O–H groups in total. The third kappa shape index (κ3) is 5.29. The number of urea groups is 1. The molecule has 0 unspecified atom stereocenters. The number of methoxy groups -OCH3 is 1. The second-order valence-corrected chi connectivity index (χ2v) is 5.63. The van der Waals surface area contributed by atoms with Gasteiger partial charge in [-0.15, -0.1) is 10.2 Å². The van der Waals surface area contributed by atoms with E-state index in [9.17, 15) is 4.79 Å². The highest BCUT2D eigenvalue weighted by molar-refractivity contribution is 5.89. The lowest BCUT2D eigenvalue weighted by Gasteiger charge is -2.10. The maximum absolute atomic E-state index is 12.1. The van der Waals surface area contributed by atoms with Gasteiger partial charge in [0.25, 0.3) is 0 Å². The van der Waals surface area contributed by atoms with Gasteiger partial charge in [0.2, 0.25) is 0 Å². The average molecular weight is 367 g/mol. The van der Waals surface area contributed by atoms with Gasteiger partial charge in [0.1, 0.15) is 18.7 Å². The highest BCUT2D eigenvalue weighted by Crippen LogP contribution is 2.15. The maximum atomic E-state index is 12.1. The molecule has 0 saturated carbocycles. The molecule has 0 bridgehead atoms. The Morgan fingerprint density at radius 2 is 1.85 bits per heavy atom. The van der Waals surface area contributed by atoms with Gasteiger partial charge in [-0.2, -0.15) is 0 Å². The molecule has 1 heterocycles. The molecule has 0 radical (unpaired) electrons. The minimum absolute atomic E-state index is 0.249. The van der Waals surface area contributed by atoms with Gasteiger partial charge in [0.05, 0.1) is 13.2 Å². The van der Waals surface area contributed by atoms with Crippen molar-refractivity contribution in [3.63, 3.8) is 0 Å². The number of carbonyl (C=O) groups is 1. The summed E-state index contributed by atoms with van der Waals surface area (Å²) in [6.07, 6.45) is 1.62. The number of anilines is 1. The molecule has 8 nitrogen and oxygen atoms in total. The topological polar surface area (TPSA) is 90.3 Å². The number of aromatic nitrogens is 3. The quantitative estimate of drug-likeness (QED) is 0.597. The van der Waals surface area contributed by atoms with E-state index in [4.69, 9.17) is 9.47 Å². The molecule has 8 heteroatoms. The number of nitrogens with one attached hydrogen (secondary N) is 2. The predicted octanol–water partition coefficient (Wildman–Crippen LogP) is 2.61. The minimum Gasteiger partial charge on any atom is -0.491 e. The van der Waals surface area contributed by atoms with Crippen LogP contribution >= 0.6 is 0 Å². The van der Waals surface area contributed by atoms with E-state index in [0.29, 0.717) is 30.5 Å². The number of carbonyl (C=O) groups excluding carboxylic acids is 1. The minimum atomic E-state index is -0.328. The van der Waals surface area contributed by atoms with Crippen molar-refractivity contribution in [1.29, 1.82) is 0 Å². The summed E-state index contributed by atoms with van der Waals surface area (Å²) in [7, 11) is 1.62. The van der Waals surface area contributed by atoms with Crippen molar-refractivity contribution < 1.29 is 14.3 Å². The molecule has 0 aliphatic rings. The highest BCUT2D eigenvalue weighted by Gasteiger charge is 2.08. The zero-order valence-corrected chi connectivity index (χ0v) is 15.0. The lowest BCUT2D eigenvalue weighted by atomic mass is 10.3. The van der Waals surface area contributed by atoms with Crippen molar-refractivity contribution in [3.8, 4) is 11.4 Å². The zero-order valence-electron chi connectivity index (χ0n) is 15.0. The maximum Gasteiger partial charge on any atom is 0.319 e. The largest absolute Gasteiger partial charge is 0.491 e. The van der Waals surface area contributed by atoms with Crippen molar-refractivity contribution >= 4 is 11.7 Å². The van der Waals surface area contributed by atoms with E-state index in [0.717, 1.165) is 5.69 Å². The summed E-state index contributed by atoms with van der Waals surface area (Å²) in [4.78, 5) is 12.1. The highest BCUT2D eigenvalue weighted by atomic mass is 16.5. The van der Waals surface area contributed by atoms with Gasteiger partial charge in [0, 0.05) is 18.5 Å². The van der Waals surface area contributed by atoms with Crippen LogP contribution < -0.4 is 15.4 Å². The van der Waals surface area contributed by atoms with Crippen LogP contribution in [0.15, 0.2) is 60.9 Å². The molecular formula is C19H21N5O3. The Kier molecular flexibility index (Phi) is 6.37.